The zero-order valence-electron chi connectivity index (χ0n) is 39.5. The zero-order chi connectivity index (χ0) is 43.0. The highest BCUT2D eigenvalue weighted by Crippen LogP contribution is 2.43. The molecule has 0 spiro atoms. The van der Waals surface area contributed by atoms with E-state index in [1.165, 1.54) is 225 Å². The normalized spacial score (nSPS) is 13.2. The van der Waals surface area contributed by atoms with Gasteiger partial charge in [0.15, 0.2) is 0 Å². The Morgan fingerprint density at radius 3 is 1.07 bits per heavy atom. The Hall–Kier alpha value is -0.500. The van der Waals surface area contributed by atoms with E-state index < -0.39 is 13.9 Å². The van der Waals surface area contributed by atoms with Crippen LogP contribution in [0, 0.1) is 0 Å². The van der Waals surface area contributed by atoms with Gasteiger partial charge in [-0.15, -0.1) is 0 Å². The molecule has 0 saturated carbocycles. The number of ether oxygens (including phenoxy) is 2. The Morgan fingerprint density at radius 1 is 0.441 bits per heavy atom. The van der Waals surface area contributed by atoms with Crippen molar-refractivity contribution >= 4 is 13.8 Å². The third-order valence-electron chi connectivity index (χ3n) is 11.8. The Balaban J connectivity index is 3.86. The van der Waals surface area contributed by atoms with Gasteiger partial charge in [0.2, 0.25) is 0 Å². The fourth-order valence-electron chi connectivity index (χ4n) is 7.94. The van der Waals surface area contributed by atoms with E-state index >= 15 is 0 Å². The molecule has 0 rings (SSSR count). The van der Waals surface area contributed by atoms with Crippen molar-refractivity contribution in [1.82, 2.24) is 0 Å². The van der Waals surface area contributed by atoms with Gasteiger partial charge in [0.1, 0.15) is 6.10 Å². The van der Waals surface area contributed by atoms with Crippen molar-refractivity contribution in [3.05, 3.63) is 0 Å². The van der Waals surface area contributed by atoms with Crippen molar-refractivity contribution in [3.63, 3.8) is 0 Å². The summed E-state index contributed by atoms with van der Waals surface area (Å²) in [4.78, 5) is 22.6. The number of unbranched alkanes of at least 4 members (excludes halogenated alkanes) is 38. The zero-order valence-corrected chi connectivity index (χ0v) is 40.4. The van der Waals surface area contributed by atoms with Crippen LogP contribution in [-0.2, 0) is 27.9 Å². The van der Waals surface area contributed by atoms with Gasteiger partial charge < -0.3 is 20.1 Å². The molecule has 59 heavy (non-hydrogen) atoms. The van der Waals surface area contributed by atoms with Gasteiger partial charge in [-0.05, 0) is 12.8 Å². The summed E-state index contributed by atoms with van der Waals surface area (Å²) in [5.41, 5.74) is 5.39. The van der Waals surface area contributed by atoms with Crippen LogP contribution >= 0.6 is 7.82 Å². The highest BCUT2D eigenvalue weighted by atomic mass is 31.2. The van der Waals surface area contributed by atoms with Gasteiger partial charge in [-0.1, -0.05) is 258 Å². The van der Waals surface area contributed by atoms with Crippen molar-refractivity contribution in [3.8, 4) is 0 Å². The molecule has 0 amide bonds. The van der Waals surface area contributed by atoms with E-state index in [0.29, 0.717) is 13.0 Å². The van der Waals surface area contributed by atoms with Crippen LogP contribution in [0.15, 0.2) is 0 Å². The number of hydrogen-bond acceptors (Lipinski definition) is 7. The molecule has 0 saturated heterocycles. The molecule has 0 aliphatic carbocycles. The molecule has 2 unspecified atom stereocenters. The number of esters is 1. The number of carbonyl (C=O) groups is 1. The molecule has 3 N–H and O–H groups in total. The largest absolute Gasteiger partial charge is 0.472 e. The average molecular weight is 860 g/mol. The second kappa shape index (κ2) is 48.5. The Labute approximate surface area is 367 Å². The van der Waals surface area contributed by atoms with E-state index in [4.69, 9.17) is 24.3 Å². The second-order valence-corrected chi connectivity index (χ2v) is 19.2. The molecule has 0 fully saturated rings. The summed E-state index contributed by atoms with van der Waals surface area (Å²) in [6.45, 7) is 5.01. The summed E-state index contributed by atoms with van der Waals surface area (Å²) in [6.07, 6.45) is 52.8. The maximum Gasteiger partial charge on any atom is 0.472 e. The molecular formula is C50H102NO7P. The lowest BCUT2D eigenvalue weighted by atomic mass is 10.0. The van der Waals surface area contributed by atoms with Crippen LogP contribution in [0.4, 0.5) is 0 Å². The first-order chi connectivity index (χ1) is 28.9. The molecule has 0 radical (unpaired) electrons. The number of phosphoric acid groups is 1. The number of nitrogens with two attached hydrogens (primary N) is 1. The van der Waals surface area contributed by atoms with Gasteiger partial charge in [-0.25, -0.2) is 4.57 Å². The first-order valence-electron chi connectivity index (χ1n) is 26.0. The summed E-state index contributed by atoms with van der Waals surface area (Å²) in [6, 6.07) is 0. The predicted molar refractivity (Wildman–Crippen MR) is 252 cm³/mol. The third kappa shape index (κ3) is 48.4. The lowest BCUT2D eigenvalue weighted by Gasteiger charge is -2.20. The van der Waals surface area contributed by atoms with Crippen LogP contribution in [0.3, 0.4) is 0 Å². The highest BCUT2D eigenvalue weighted by molar-refractivity contribution is 7.47. The molecule has 0 aliphatic rings. The minimum Gasteiger partial charge on any atom is -0.457 e. The fraction of sp³-hybridized carbons (Fsp3) is 0.980. The second-order valence-electron chi connectivity index (χ2n) is 17.8. The standard InChI is InChI=1S/C50H102NO7P/c1-3-5-7-9-11-13-15-17-19-21-23-24-25-26-28-30-32-34-36-38-40-42-45-55-47-49(48-57-59(53,54)56-46-44-51)58-50(52)43-41-39-37-35-33-31-29-27-22-20-18-16-14-12-10-8-6-4-2/h49H,3-48,51H2,1-2H3,(H,53,54). The van der Waals surface area contributed by atoms with Crippen molar-refractivity contribution in [1.29, 1.82) is 0 Å². The molecule has 354 valence electrons. The summed E-state index contributed by atoms with van der Waals surface area (Å²) in [7, 11) is -4.27. The van der Waals surface area contributed by atoms with Gasteiger partial charge in [0.25, 0.3) is 0 Å². The van der Waals surface area contributed by atoms with E-state index in [2.05, 4.69) is 13.8 Å². The van der Waals surface area contributed by atoms with Crippen molar-refractivity contribution < 1.29 is 32.8 Å². The summed E-state index contributed by atoms with van der Waals surface area (Å²) in [5.74, 6) is -0.321. The fourth-order valence-corrected chi connectivity index (χ4v) is 8.71. The SMILES string of the molecule is CCCCCCCCCCCCCCCCCCCCCCCCOCC(COP(=O)(O)OCCN)OC(=O)CCCCCCCCCCCCCCCCCCCC. The van der Waals surface area contributed by atoms with E-state index in [-0.39, 0.29) is 32.3 Å². The number of hydrogen-bond donors (Lipinski definition) is 2. The van der Waals surface area contributed by atoms with Crippen molar-refractivity contribution in [2.75, 3.05) is 33.0 Å². The van der Waals surface area contributed by atoms with Gasteiger partial charge in [0, 0.05) is 19.6 Å². The predicted octanol–water partition coefficient (Wildman–Crippen LogP) is 16.0. The molecule has 0 heterocycles. The first kappa shape index (κ1) is 58.5. The van der Waals surface area contributed by atoms with Gasteiger partial charge >= 0.3 is 13.8 Å². The quantitative estimate of drug-likeness (QED) is 0.0353. The third-order valence-corrected chi connectivity index (χ3v) is 12.8. The topological polar surface area (TPSA) is 117 Å². The molecule has 0 aromatic carbocycles. The molecule has 2 atom stereocenters. The van der Waals surface area contributed by atoms with Crippen LogP contribution < -0.4 is 5.73 Å². The molecule has 8 nitrogen and oxygen atoms in total. The average Bonchev–Trinajstić information content (AvgIpc) is 3.23. The van der Waals surface area contributed by atoms with Crippen molar-refractivity contribution in [2.24, 2.45) is 5.73 Å². The molecule has 9 heteroatoms. The maximum absolute atomic E-state index is 12.6. The monoisotopic (exact) mass is 860 g/mol. The Morgan fingerprint density at radius 2 is 0.746 bits per heavy atom. The van der Waals surface area contributed by atoms with Crippen LogP contribution in [0.5, 0.6) is 0 Å². The minimum atomic E-state index is -4.27. The number of rotatable bonds is 51. The lowest BCUT2D eigenvalue weighted by molar-refractivity contribution is -0.154. The van der Waals surface area contributed by atoms with E-state index in [9.17, 15) is 14.3 Å². The number of phosphoric ester groups is 1. The van der Waals surface area contributed by atoms with Gasteiger partial charge in [-0.3, -0.25) is 13.8 Å². The van der Waals surface area contributed by atoms with Crippen LogP contribution in [0.25, 0.3) is 0 Å². The van der Waals surface area contributed by atoms with E-state index in [0.717, 1.165) is 32.1 Å². The van der Waals surface area contributed by atoms with Crippen LogP contribution in [0.1, 0.15) is 277 Å². The molecule has 0 bridgehead atoms. The van der Waals surface area contributed by atoms with Crippen molar-refractivity contribution in [2.45, 2.75) is 283 Å². The van der Waals surface area contributed by atoms with E-state index in [1.807, 2.05) is 0 Å². The Bertz CT molecular complexity index is 878. The minimum absolute atomic E-state index is 0.0897. The molecule has 0 aromatic rings. The highest BCUT2D eigenvalue weighted by Gasteiger charge is 2.25. The van der Waals surface area contributed by atoms with Gasteiger partial charge in [-0.2, -0.15) is 0 Å². The Kier molecular flexibility index (Phi) is 48.1. The molecule has 0 aliphatic heterocycles. The first-order valence-corrected chi connectivity index (χ1v) is 27.5. The summed E-state index contributed by atoms with van der Waals surface area (Å²) < 4.78 is 33.6. The molecular weight excluding hydrogens is 758 g/mol. The van der Waals surface area contributed by atoms with E-state index in [1.54, 1.807) is 0 Å². The maximum atomic E-state index is 12.6. The summed E-state index contributed by atoms with van der Waals surface area (Å²) in [5, 5.41) is 0. The lowest BCUT2D eigenvalue weighted by Crippen LogP contribution is -2.28. The van der Waals surface area contributed by atoms with Crippen LogP contribution in [-0.4, -0.2) is 49.9 Å². The summed E-state index contributed by atoms with van der Waals surface area (Å²) >= 11 is 0. The van der Waals surface area contributed by atoms with Crippen LogP contribution in [0.2, 0.25) is 0 Å². The molecule has 0 aromatic heterocycles. The smallest absolute Gasteiger partial charge is 0.457 e. The number of carbonyl (C=O) groups excluding carboxylic acids is 1. The van der Waals surface area contributed by atoms with Gasteiger partial charge in [0.05, 0.1) is 19.8 Å².